The van der Waals surface area contributed by atoms with Crippen molar-refractivity contribution in [1.29, 1.82) is 0 Å². The van der Waals surface area contributed by atoms with Crippen molar-refractivity contribution in [3.63, 3.8) is 0 Å². The van der Waals surface area contributed by atoms with Crippen molar-refractivity contribution in [2.75, 3.05) is 0 Å². The number of rotatable bonds is 3. The minimum atomic E-state index is 0.122. The van der Waals surface area contributed by atoms with Gasteiger partial charge in [0.25, 0.3) is 0 Å². The van der Waals surface area contributed by atoms with Crippen molar-refractivity contribution in [3.05, 3.63) is 58.7 Å². The third-order valence-electron chi connectivity index (χ3n) is 3.61. The molecule has 0 aliphatic heterocycles. The van der Waals surface area contributed by atoms with Crippen LogP contribution in [0.2, 0.25) is 0 Å². The van der Waals surface area contributed by atoms with E-state index in [-0.39, 0.29) is 5.41 Å². The fraction of sp³-hybridized carbons (Fsp3) is 0.316. The first kappa shape index (κ1) is 15.3. The molecule has 0 aliphatic carbocycles. The molecular formula is C19H22O2. The second kappa shape index (κ2) is 5.72. The first-order chi connectivity index (χ1) is 9.81. The Hall–Kier alpha value is -2.09. The maximum Gasteiger partial charge on any atom is 0.150 e. The summed E-state index contributed by atoms with van der Waals surface area (Å²) in [5.41, 5.74) is 4.14. The van der Waals surface area contributed by atoms with E-state index in [2.05, 4.69) is 32.9 Å². The normalized spacial score (nSPS) is 11.3. The number of hydrogen-bond acceptors (Lipinski definition) is 2. The summed E-state index contributed by atoms with van der Waals surface area (Å²) in [6.07, 6.45) is 0.835. The molecule has 0 amide bonds. The number of aldehydes is 1. The zero-order valence-corrected chi connectivity index (χ0v) is 13.4. The van der Waals surface area contributed by atoms with Gasteiger partial charge in [0.15, 0.2) is 0 Å². The Morgan fingerprint density at radius 2 is 1.62 bits per heavy atom. The maximum atomic E-state index is 10.9. The van der Waals surface area contributed by atoms with Gasteiger partial charge in [-0.25, -0.2) is 0 Å². The first-order valence-corrected chi connectivity index (χ1v) is 7.16. The summed E-state index contributed by atoms with van der Waals surface area (Å²) in [6, 6.07) is 11.7. The van der Waals surface area contributed by atoms with E-state index in [1.165, 1.54) is 5.56 Å². The fourth-order valence-corrected chi connectivity index (χ4v) is 2.15. The maximum absolute atomic E-state index is 10.9. The largest absolute Gasteiger partial charge is 0.457 e. The van der Waals surface area contributed by atoms with Crippen LogP contribution in [0.25, 0.3) is 0 Å². The summed E-state index contributed by atoms with van der Waals surface area (Å²) < 4.78 is 5.99. The lowest BCUT2D eigenvalue weighted by atomic mass is 9.86. The van der Waals surface area contributed by atoms with E-state index < -0.39 is 0 Å². The molecule has 0 saturated heterocycles. The van der Waals surface area contributed by atoms with Crippen LogP contribution in [0.3, 0.4) is 0 Å². The van der Waals surface area contributed by atoms with Gasteiger partial charge in [-0.2, -0.15) is 0 Å². The van der Waals surface area contributed by atoms with Crippen LogP contribution in [-0.4, -0.2) is 6.29 Å². The SMILES string of the molecule is Cc1cc(C(C)(C)C)ccc1Oc1cc(C=O)ccc1C. The highest BCUT2D eigenvalue weighted by molar-refractivity contribution is 5.76. The lowest BCUT2D eigenvalue weighted by Gasteiger charge is -2.21. The summed E-state index contributed by atoms with van der Waals surface area (Å²) in [6.45, 7) is 10.6. The Labute approximate surface area is 126 Å². The Kier molecular flexibility index (Phi) is 4.17. The molecule has 2 heteroatoms. The molecule has 0 radical (unpaired) electrons. The van der Waals surface area contributed by atoms with E-state index in [1.54, 1.807) is 12.1 Å². The Morgan fingerprint density at radius 1 is 0.905 bits per heavy atom. The summed E-state index contributed by atoms with van der Waals surface area (Å²) in [5, 5.41) is 0. The van der Waals surface area contributed by atoms with Gasteiger partial charge in [0.05, 0.1) is 0 Å². The number of benzene rings is 2. The van der Waals surface area contributed by atoms with Crippen LogP contribution in [0.4, 0.5) is 0 Å². The number of ether oxygens (including phenoxy) is 1. The molecule has 0 heterocycles. The van der Waals surface area contributed by atoms with Crippen molar-refractivity contribution in [2.24, 2.45) is 0 Å². The molecule has 0 bridgehead atoms. The Morgan fingerprint density at radius 3 is 2.19 bits per heavy atom. The molecule has 0 aromatic heterocycles. The molecule has 2 rings (SSSR count). The van der Waals surface area contributed by atoms with E-state index >= 15 is 0 Å². The molecule has 2 aromatic rings. The van der Waals surface area contributed by atoms with Crippen LogP contribution in [-0.2, 0) is 5.41 Å². The predicted molar refractivity (Wildman–Crippen MR) is 86.5 cm³/mol. The molecule has 21 heavy (non-hydrogen) atoms. The van der Waals surface area contributed by atoms with Crippen LogP contribution >= 0.6 is 0 Å². The monoisotopic (exact) mass is 282 g/mol. The van der Waals surface area contributed by atoms with Gasteiger partial charge in [-0.1, -0.05) is 45.0 Å². The van der Waals surface area contributed by atoms with Gasteiger partial charge < -0.3 is 4.74 Å². The second-order valence-electron chi connectivity index (χ2n) is 6.48. The standard InChI is InChI=1S/C19H22O2/c1-13-6-7-15(12-20)11-18(13)21-17-9-8-16(10-14(17)2)19(3,4)5/h6-12H,1-5H3. The Balaban J connectivity index is 2.34. The molecule has 0 spiro atoms. The number of carbonyl (C=O) groups is 1. The van der Waals surface area contributed by atoms with Crippen LogP contribution in [0.1, 0.15) is 47.8 Å². The van der Waals surface area contributed by atoms with E-state index in [4.69, 9.17) is 4.74 Å². The lowest BCUT2D eigenvalue weighted by molar-refractivity contribution is 0.112. The molecule has 110 valence electrons. The summed E-state index contributed by atoms with van der Waals surface area (Å²) in [4.78, 5) is 10.9. The minimum absolute atomic E-state index is 0.122. The van der Waals surface area contributed by atoms with Crippen LogP contribution in [0, 0.1) is 13.8 Å². The van der Waals surface area contributed by atoms with Gasteiger partial charge >= 0.3 is 0 Å². The topological polar surface area (TPSA) is 26.3 Å². The van der Waals surface area contributed by atoms with Gasteiger partial charge in [0, 0.05) is 5.56 Å². The van der Waals surface area contributed by atoms with Crippen molar-refractivity contribution < 1.29 is 9.53 Å². The Bertz CT molecular complexity index is 664. The van der Waals surface area contributed by atoms with Gasteiger partial charge in [-0.05, 0) is 48.1 Å². The van der Waals surface area contributed by atoms with Crippen molar-refractivity contribution in [3.8, 4) is 11.5 Å². The van der Waals surface area contributed by atoms with Crippen LogP contribution in [0.5, 0.6) is 11.5 Å². The van der Waals surface area contributed by atoms with Gasteiger partial charge in [-0.3, -0.25) is 4.79 Å². The van der Waals surface area contributed by atoms with Crippen molar-refractivity contribution in [1.82, 2.24) is 0 Å². The number of hydrogen-bond donors (Lipinski definition) is 0. The third kappa shape index (κ3) is 3.52. The third-order valence-corrected chi connectivity index (χ3v) is 3.61. The first-order valence-electron chi connectivity index (χ1n) is 7.16. The van der Waals surface area contributed by atoms with Gasteiger partial charge in [0.1, 0.15) is 17.8 Å². The molecule has 0 atom stereocenters. The quantitative estimate of drug-likeness (QED) is 0.723. The molecule has 0 N–H and O–H groups in total. The average Bonchev–Trinajstić information content (AvgIpc) is 2.42. The van der Waals surface area contributed by atoms with Crippen molar-refractivity contribution in [2.45, 2.75) is 40.0 Å². The highest BCUT2D eigenvalue weighted by Gasteiger charge is 2.15. The lowest BCUT2D eigenvalue weighted by Crippen LogP contribution is -2.11. The molecule has 0 unspecified atom stereocenters. The molecule has 2 aromatic carbocycles. The van der Waals surface area contributed by atoms with Gasteiger partial charge in [-0.15, -0.1) is 0 Å². The highest BCUT2D eigenvalue weighted by atomic mass is 16.5. The van der Waals surface area contributed by atoms with Crippen LogP contribution in [0.15, 0.2) is 36.4 Å². The van der Waals surface area contributed by atoms with E-state index in [0.29, 0.717) is 5.56 Å². The molecule has 0 aliphatic rings. The van der Waals surface area contributed by atoms with E-state index in [9.17, 15) is 4.79 Å². The highest BCUT2D eigenvalue weighted by Crippen LogP contribution is 2.31. The molecule has 0 fully saturated rings. The van der Waals surface area contributed by atoms with Crippen LogP contribution < -0.4 is 4.74 Å². The minimum Gasteiger partial charge on any atom is -0.457 e. The summed E-state index contributed by atoms with van der Waals surface area (Å²) in [7, 11) is 0. The smallest absolute Gasteiger partial charge is 0.150 e. The second-order valence-corrected chi connectivity index (χ2v) is 6.48. The average molecular weight is 282 g/mol. The fourth-order valence-electron chi connectivity index (χ4n) is 2.15. The molecule has 2 nitrogen and oxygen atoms in total. The predicted octanol–water partition coefficient (Wildman–Crippen LogP) is 5.21. The number of aryl methyl sites for hydroxylation is 2. The van der Waals surface area contributed by atoms with Gasteiger partial charge in [0.2, 0.25) is 0 Å². The van der Waals surface area contributed by atoms with Crippen molar-refractivity contribution >= 4 is 6.29 Å². The zero-order chi connectivity index (χ0) is 15.6. The zero-order valence-electron chi connectivity index (χ0n) is 13.4. The summed E-state index contributed by atoms with van der Waals surface area (Å²) in [5.74, 6) is 1.56. The van der Waals surface area contributed by atoms with E-state index in [1.807, 2.05) is 26.0 Å². The van der Waals surface area contributed by atoms with E-state index in [0.717, 1.165) is 28.9 Å². The molecule has 0 saturated carbocycles. The molecular weight excluding hydrogens is 260 g/mol. The summed E-state index contributed by atoms with van der Waals surface area (Å²) >= 11 is 0. The number of carbonyl (C=O) groups excluding carboxylic acids is 1.